The highest BCUT2D eigenvalue weighted by Gasteiger charge is 2.20. The number of nitrogens with zero attached hydrogens (tertiary/aromatic N) is 1. The van der Waals surface area contributed by atoms with Gasteiger partial charge in [0.25, 0.3) is 5.91 Å². The van der Waals surface area contributed by atoms with Crippen molar-refractivity contribution in [1.29, 1.82) is 0 Å². The third-order valence-electron chi connectivity index (χ3n) is 4.58. The van der Waals surface area contributed by atoms with Crippen LogP contribution in [0.2, 0.25) is 5.02 Å². The number of benzene rings is 2. The maximum atomic E-state index is 12.2. The molecule has 6 heteroatoms. The van der Waals surface area contributed by atoms with Crippen LogP contribution in [0.15, 0.2) is 54.7 Å². The molecule has 3 aromatic rings. The van der Waals surface area contributed by atoms with Gasteiger partial charge in [-0.3, -0.25) is 9.78 Å². The summed E-state index contributed by atoms with van der Waals surface area (Å²) in [6, 6.07) is 15.2. The van der Waals surface area contributed by atoms with Gasteiger partial charge in [-0.25, -0.2) is 0 Å². The SMILES string of the molecule is O=C(COc1ccc(Cl)c2cccnc12)NCC1COc2ccccc2C1. The molecule has 1 aliphatic rings. The zero-order valence-electron chi connectivity index (χ0n) is 14.7. The van der Waals surface area contributed by atoms with Crippen molar-refractivity contribution in [2.45, 2.75) is 6.42 Å². The van der Waals surface area contributed by atoms with Gasteiger partial charge in [-0.1, -0.05) is 29.8 Å². The Morgan fingerprint density at radius 1 is 1.22 bits per heavy atom. The van der Waals surface area contributed by atoms with Gasteiger partial charge in [0.2, 0.25) is 0 Å². The van der Waals surface area contributed by atoms with E-state index >= 15 is 0 Å². The van der Waals surface area contributed by atoms with Gasteiger partial charge >= 0.3 is 0 Å². The topological polar surface area (TPSA) is 60.5 Å². The largest absolute Gasteiger partial charge is 0.493 e. The first-order valence-electron chi connectivity index (χ1n) is 8.84. The number of carbonyl (C=O) groups is 1. The Kier molecular flexibility index (Phi) is 5.12. The Hall–Kier alpha value is -2.79. The zero-order valence-corrected chi connectivity index (χ0v) is 15.4. The summed E-state index contributed by atoms with van der Waals surface area (Å²) >= 11 is 6.18. The molecule has 1 N–H and O–H groups in total. The van der Waals surface area contributed by atoms with Crippen molar-refractivity contribution >= 4 is 28.4 Å². The van der Waals surface area contributed by atoms with E-state index in [0.29, 0.717) is 29.4 Å². The molecule has 2 heterocycles. The van der Waals surface area contributed by atoms with Gasteiger partial charge in [0, 0.05) is 24.0 Å². The average molecular weight is 383 g/mol. The number of hydrogen-bond donors (Lipinski definition) is 1. The lowest BCUT2D eigenvalue weighted by atomic mass is 9.97. The Morgan fingerprint density at radius 2 is 2.11 bits per heavy atom. The molecule has 1 unspecified atom stereocenters. The Bertz CT molecular complexity index is 977. The second kappa shape index (κ2) is 7.84. The van der Waals surface area contributed by atoms with Crippen LogP contribution in [-0.4, -0.2) is 30.6 Å². The number of rotatable bonds is 5. The van der Waals surface area contributed by atoms with Crippen molar-refractivity contribution in [2.75, 3.05) is 19.8 Å². The van der Waals surface area contributed by atoms with E-state index in [1.165, 1.54) is 5.56 Å². The van der Waals surface area contributed by atoms with Crippen molar-refractivity contribution < 1.29 is 14.3 Å². The molecule has 0 saturated carbocycles. The molecule has 1 atom stereocenters. The van der Waals surface area contributed by atoms with E-state index < -0.39 is 0 Å². The number of amides is 1. The summed E-state index contributed by atoms with van der Waals surface area (Å²) < 4.78 is 11.4. The maximum Gasteiger partial charge on any atom is 0.257 e. The van der Waals surface area contributed by atoms with Crippen LogP contribution in [0, 0.1) is 5.92 Å². The molecule has 0 radical (unpaired) electrons. The van der Waals surface area contributed by atoms with Gasteiger partial charge in [0.15, 0.2) is 6.61 Å². The van der Waals surface area contributed by atoms with E-state index in [0.717, 1.165) is 17.6 Å². The van der Waals surface area contributed by atoms with Crippen LogP contribution in [0.5, 0.6) is 11.5 Å². The fraction of sp³-hybridized carbons (Fsp3) is 0.238. The predicted octanol–water partition coefficient (Wildman–Crippen LogP) is 3.63. The van der Waals surface area contributed by atoms with Crippen LogP contribution in [0.1, 0.15) is 5.56 Å². The third-order valence-corrected chi connectivity index (χ3v) is 4.91. The fourth-order valence-corrected chi connectivity index (χ4v) is 3.42. The first-order valence-corrected chi connectivity index (χ1v) is 9.22. The first-order chi connectivity index (χ1) is 13.2. The highest BCUT2D eigenvalue weighted by molar-refractivity contribution is 6.35. The summed E-state index contributed by atoms with van der Waals surface area (Å²) in [7, 11) is 0. The minimum Gasteiger partial charge on any atom is -0.493 e. The molecule has 2 aromatic carbocycles. The van der Waals surface area contributed by atoms with E-state index in [1.54, 1.807) is 18.3 Å². The summed E-state index contributed by atoms with van der Waals surface area (Å²) in [5.41, 5.74) is 1.83. The molecule has 1 aromatic heterocycles. The van der Waals surface area contributed by atoms with Gasteiger partial charge in [-0.05, 0) is 42.3 Å². The highest BCUT2D eigenvalue weighted by Crippen LogP contribution is 2.29. The van der Waals surface area contributed by atoms with Crippen molar-refractivity contribution in [3.8, 4) is 11.5 Å². The maximum absolute atomic E-state index is 12.2. The monoisotopic (exact) mass is 382 g/mol. The molecular formula is C21H19ClN2O3. The van der Waals surface area contributed by atoms with E-state index in [2.05, 4.69) is 16.4 Å². The van der Waals surface area contributed by atoms with Gasteiger partial charge < -0.3 is 14.8 Å². The normalized spacial score (nSPS) is 15.7. The molecule has 0 saturated heterocycles. The van der Waals surface area contributed by atoms with E-state index in [-0.39, 0.29) is 18.4 Å². The molecule has 0 aliphatic carbocycles. The number of aromatic nitrogens is 1. The Balaban J connectivity index is 1.32. The molecule has 4 rings (SSSR count). The summed E-state index contributed by atoms with van der Waals surface area (Å²) in [6.07, 6.45) is 2.57. The lowest BCUT2D eigenvalue weighted by Crippen LogP contribution is -2.37. The molecule has 5 nitrogen and oxygen atoms in total. The highest BCUT2D eigenvalue weighted by atomic mass is 35.5. The first kappa shape index (κ1) is 17.6. The second-order valence-electron chi connectivity index (χ2n) is 6.53. The van der Waals surface area contributed by atoms with Crippen LogP contribution >= 0.6 is 11.6 Å². The van der Waals surface area contributed by atoms with E-state index in [1.807, 2.05) is 30.3 Å². The Morgan fingerprint density at radius 3 is 3.04 bits per heavy atom. The van der Waals surface area contributed by atoms with Crippen molar-refractivity contribution in [3.05, 3.63) is 65.3 Å². The number of carbonyl (C=O) groups excluding carboxylic acids is 1. The molecule has 0 bridgehead atoms. The second-order valence-corrected chi connectivity index (χ2v) is 6.93. The number of ether oxygens (including phenoxy) is 2. The number of nitrogens with one attached hydrogen (secondary N) is 1. The van der Waals surface area contributed by atoms with Crippen molar-refractivity contribution in [2.24, 2.45) is 5.92 Å². The number of para-hydroxylation sites is 1. The van der Waals surface area contributed by atoms with Crippen molar-refractivity contribution in [3.63, 3.8) is 0 Å². The van der Waals surface area contributed by atoms with Crippen LogP contribution in [-0.2, 0) is 11.2 Å². The minimum absolute atomic E-state index is 0.0720. The summed E-state index contributed by atoms with van der Waals surface area (Å²) in [5, 5.41) is 4.33. The summed E-state index contributed by atoms with van der Waals surface area (Å²) in [6.45, 7) is 1.08. The van der Waals surface area contributed by atoms with Gasteiger partial charge in [-0.15, -0.1) is 0 Å². The summed E-state index contributed by atoms with van der Waals surface area (Å²) in [4.78, 5) is 16.5. The Labute approximate surface area is 162 Å². The molecule has 138 valence electrons. The lowest BCUT2D eigenvalue weighted by Gasteiger charge is -2.25. The smallest absolute Gasteiger partial charge is 0.257 e. The summed E-state index contributed by atoms with van der Waals surface area (Å²) in [5.74, 6) is 1.56. The number of hydrogen-bond acceptors (Lipinski definition) is 4. The van der Waals surface area contributed by atoms with Gasteiger partial charge in [-0.2, -0.15) is 0 Å². The molecule has 0 fully saturated rings. The minimum atomic E-state index is -0.173. The molecule has 27 heavy (non-hydrogen) atoms. The van der Waals surface area contributed by atoms with Crippen LogP contribution in [0.25, 0.3) is 10.9 Å². The lowest BCUT2D eigenvalue weighted by molar-refractivity contribution is -0.123. The van der Waals surface area contributed by atoms with Gasteiger partial charge in [0.05, 0.1) is 11.6 Å². The van der Waals surface area contributed by atoms with Crippen LogP contribution in [0.3, 0.4) is 0 Å². The zero-order chi connectivity index (χ0) is 18.6. The molecule has 1 amide bonds. The third kappa shape index (κ3) is 3.98. The molecule has 1 aliphatic heterocycles. The van der Waals surface area contributed by atoms with E-state index in [9.17, 15) is 4.79 Å². The number of pyridine rings is 1. The van der Waals surface area contributed by atoms with Crippen LogP contribution < -0.4 is 14.8 Å². The van der Waals surface area contributed by atoms with Crippen molar-refractivity contribution in [1.82, 2.24) is 10.3 Å². The molecule has 0 spiro atoms. The van der Waals surface area contributed by atoms with Gasteiger partial charge in [0.1, 0.15) is 17.0 Å². The number of fused-ring (bicyclic) bond motifs is 2. The molecular weight excluding hydrogens is 364 g/mol. The predicted molar refractivity (Wildman–Crippen MR) is 104 cm³/mol. The quantitative estimate of drug-likeness (QED) is 0.732. The van der Waals surface area contributed by atoms with Crippen LogP contribution in [0.4, 0.5) is 0 Å². The van der Waals surface area contributed by atoms with E-state index in [4.69, 9.17) is 21.1 Å². The fourth-order valence-electron chi connectivity index (χ4n) is 3.20. The standard InChI is InChI=1S/C21H19ClN2O3/c22-17-7-8-19(21-16(17)5-3-9-23-21)27-13-20(25)24-11-14-10-15-4-1-2-6-18(15)26-12-14/h1-9,14H,10-13H2,(H,24,25). The average Bonchev–Trinajstić information content (AvgIpc) is 2.72. The number of halogens is 1.